The van der Waals surface area contributed by atoms with Gasteiger partial charge < -0.3 is 9.73 Å². The second kappa shape index (κ2) is 5.51. The Hall–Kier alpha value is -1.84. The molecule has 0 radical (unpaired) electrons. The smallest absolute Gasteiger partial charge is 0.153 e. The molecule has 3 rings (SSSR count). The lowest BCUT2D eigenvalue weighted by Crippen LogP contribution is -2.13. The van der Waals surface area contributed by atoms with E-state index in [1.165, 1.54) is 12.1 Å². The van der Waals surface area contributed by atoms with E-state index in [-0.39, 0.29) is 11.9 Å². The van der Waals surface area contributed by atoms with Crippen LogP contribution in [0.5, 0.6) is 0 Å². The van der Waals surface area contributed by atoms with Crippen LogP contribution in [0.25, 0.3) is 22.3 Å². The summed E-state index contributed by atoms with van der Waals surface area (Å²) in [6.07, 6.45) is 0. The molecule has 0 saturated carbocycles. The molecule has 0 aliphatic carbocycles. The molecular formula is C17H15ClFNO. The molecule has 0 fully saturated rings. The first-order valence-corrected chi connectivity index (χ1v) is 7.13. The molecule has 21 heavy (non-hydrogen) atoms. The highest BCUT2D eigenvalue weighted by atomic mass is 35.5. The van der Waals surface area contributed by atoms with Crippen LogP contribution >= 0.6 is 11.6 Å². The molecule has 1 atom stereocenters. The van der Waals surface area contributed by atoms with Gasteiger partial charge >= 0.3 is 0 Å². The average Bonchev–Trinajstić information content (AvgIpc) is 2.92. The SMILES string of the molecule is CNC(C)c1ccc(F)cc1-c1cc2cccc(Cl)c2o1. The fourth-order valence-electron chi connectivity index (χ4n) is 2.44. The third-order valence-electron chi connectivity index (χ3n) is 3.68. The van der Waals surface area contributed by atoms with E-state index >= 15 is 0 Å². The van der Waals surface area contributed by atoms with Crippen LogP contribution in [0.2, 0.25) is 5.02 Å². The van der Waals surface area contributed by atoms with Gasteiger partial charge in [-0.3, -0.25) is 0 Å². The number of benzene rings is 2. The molecule has 1 heterocycles. The molecule has 3 aromatic rings. The summed E-state index contributed by atoms with van der Waals surface area (Å²) in [6.45, 7) is 2.02. The Balaban J connectivity index is 2.22. The zero-order valence-corrected chi connectivity index (χ0v) is 12.5. The van der Waals surface area contributed by atoms with Crippen molar-refractivity contribution >= 4 is 22.6 Å². The number of nitrogens with one attached hydrogen (secondary N) is 1. The van der Waals surface area contributed by atoms with Crippen LogP contribution in [0.4, 0.5) is 4.39 Å². The number of furan rings is 1. The summed E-state index contributed by atoms with van der Waals surface area (Å²) >= 11 is 6.14. The molecule has 0 aliphatic rings. The molecule has 4 heteroatoms. The van der Waals surface area contributed by atoms with Gasteiger partial charge in [0, 0.05) is 17.0 Å². The molecular weight excluding hydrogens is 289 g/mol. The van der Waals surface area contributed by atoms with E-state index in [0.717, 1.165) is 16.5 Å². The summed E-state index contributed by atoms with van der Waals surface area (Å²) in [6, 6.07) is 12.3. The van der Waals surface area contributed by atoms with Crippen molar-refractivity contribution in [3.63, 3.8) is 0 Å². The van der Waals surface area contributed by atoms with E-state index in [4.69, 9.17) is 16.0 Å². The van der Waals surface area contributed by atoms with Gasteiger partial charge in [0.25, 0.3) is 0 Å². The highest BCUT2D eigenvalue weighted by Crippen LogP contribution is 2.35. The predicted molar refractivity (Wildman–Crippen MR) is 84.1 cm³/mol. The van der Waals surface area contributed by atoms with E-state index < -0.39 is 0 Å². The summed E-state index contributed by atoms with van der Waals surface area (Å²) in [4.78, 5) is 0. The maximum Gasteiger partial charge on any atom is 0.153 e. The fraction of sp³-hybridized carbons (Fsp3) is 0.176. The molecule has 2 nitrogen and oxygen atoms in total. The Morgan fingerprint density at radius 1 is 1.19 bits per heavy atom. The number of fused-ring (bicyclic) bond motifs is 1. The van der Waals surface area contributed by atoms with Gasteiger partial charge in [-0.1, -0.05) is 29.8 Å². The van der Waals surface area contributed by atoms with Crippen LogP contribution < -0.4 is 5.32 Å². The number of hydrogen-bond donors (Lipinski definition) is 1. The van der Waals surface area contributed by atoms with Crippen molar-refractivity contribution in [3.8, 4) is 11.3 Å². The molecule has 0 aliphatic heterocycles. The molecule has 0 bridgehead atoms. The topological polar surface area (TPSA) is 25.2 Å². The monoisotopic (exact) mass is 303 g/mol. The standard InChI is InChI=1S/C17H15ClFNO/c1-10(20-2)13-7-6-12(19)9-14(13)16-8-11-4-3-5-15(18)17(11)21-16/h3-10,20H,1-2H3. The Morgan fingerprint density at radius 3 is 2.71 bits per heavy atom. The molecule has 0 amide bonds. The number of rotatable bonds is 3. The minimum Gasteiger partial charge on any atom is -0.455 e. The van der Waals surface area contributed by atoms with E-state index in [1.54, 1.807) is 12.1 Å². The lowest BCUT2D eigenvalue weighted by Gasteiger charge is -2.14. The van der Waals surface area contributed by atoms with E-state index in [9.17, 15) is 4.39 Å². The van der Waals surface area contributed by atoms with Gasteiger partial charge in [-0.15, -0.1) is 0 Å². The summed E-state index contributed by atoms with van der Waals surface area (Å²) in [5.41, 5.74) is 2.35. The molecule has 108 valence electrons. The molecule has 1 unspecified atom stereocenters. The van der Waals surface area contributed by atoms with Crippen molar-refractivity contribution in [2.45, 2.75) is 13.0 Å². The van der Waals surface area contributed by atoms with Gasteiger partial charge in [0.1, 0.15) is 11.6 Å². The fourth-order valence-corrected chi connectivity index (χ4v) is 2.66. The lowest BCUT2D eigenvalue weighted by atomic mass is 9.99. The lowest BCUT2D eigenvalue weighted by molar-refractivity contribution is 0.605. The second-order valence-corrected chi connectivity index (χ2v) is 5.42. The molecule has 2 aromatic carbocycles. The minimum absolute atomic E-state index is 0.0873. The van der Waals surface area contributed by atoms with Gasteiger partial charge in [-0.2, -0.15) is 0 Å². The van der Waals surface area contributed by atoms with E-state index in [0.29, 0.717) is 16.4 Å². The van der Waals surface area contributed by atoms with Gasteiger partial charge in [-0.25, -0.2) is 4.39 Å². The Bertz CT molecular complexity index is 797. The first-order valence-electron chi connectivity index (χ1n) is 6.75. The van der Waals surface area contributed by atoms with Crippen molar-refractivity contribution in [2.24, 2.45) is 0 Å². The zero-order chi connectivity index (χ0) is 15.0. The largest absolute Gasteiger partial charge is 0.455 e. The molecule has 0 spiro atoms. The summed E-state index contributed by atoms with van der Waals surface area (Å²) in [5, 5.41) is 4.63. The van der Waals surface area contributed by atoms with Crippen LogP contribution in [0.1, 0.15) is 18.5 Å². The molecule has 1 N–H and O–H groups in total. The zero-order valence-electron chi connectivity index (χ0n) is 11.8. The van der Waals surface area contributed by atoms with Gasteiger partial charge in [-0.05, 0) is 43.8 Å². The second-order valence-electron chi connectivity index (χ2n) is 5.01. The summed E-state index contributed by atoms with van der Waals surface area (Å²) in [5.74, 6) is 0.332. The molecule has 0 saturated heterocycles. The first-order chi connectivity index (χ1) is 10.1. The van der Waals surface area contributed by atoms with Crippen LogP contribution in [-0.2, 0) is 0 Å². The highest BCUT2D eigenvalue weighted by Gasteiger charge is 2.16. The Labute approximate surface area is 127 Å². The van der Waals surface area contributed by atoms with Crippen molar-refractivity contribution < 1.29 is 8.81 Å². The highest BCUT2D eigenvalue weighted by molar-refractivity contribution is 6.34. The van der Waals surface area contributed by atoms with Gasteiger partial charge in [0.05, 0.1) is 5.02 Å². The summed E-state index contributed by atoms with van der Waals surface area (Å²) < 4.78 is 19.5. The Morgan fingerprint density at radius 2 is 2.00 bits per heavy atom. The van der Waals surface area contributed by atoms with E-state index in [2.05, 4.69) is 5.32 Å². The number of halogens is 2. The van der Waals surface area contributed by atoms with Gasteiger partial charge in [0.15, 0.2) is 5.58 Å². The van der Waals surface area contributed by atoms with Crippen LogP contribution in [0.15, 0.2) is 46.9 Å². The first kappa shape index (κ1) is 14.1. The number of hydrogen-bond acceptors (Lipinski definition) is 2. The van der Waals surface area contributed by atoms with Crippen molar-refractivity contribution in [2.75, 3.05) is 7.05 Å². The maximum absolute atomic E-state index is 13.6. The third kappa shape index (κ3) is 2.55. The number of para-hydroxylation sites is 1. The van der Waals surface area contributed by atoms with Crippen molar-refractivity contribution in [3.05, 3.63) is 58.9 Å². The van der Waals surface area contributed by atoms with Crippen molar-refractivity contribution in [1.29, 1.82) is 0 Å². The van der Waals surface area contributed by atoms with Crippen LogP contribution in [0, 0.1) is 5.82 Å². The van der Waals surface area contributed by atoms with Crippen LogP contribution in [-0.4, -0.2) is 7.05 Å². The quantitative estimate of drug-likeness (QED) is 0.722. The van der Waals surface area contributed by atoms with Gasteiger partial charge in [0.2, 0.25) is 0 Å². The normalized spacial score (nSPS) is 12.8. The van der Waals surface area contributed by atoms with E-state index in [1.807, 2.05) is 32.2 Å². The Kier molecular flexibility index (Phi) is 3.70. The maximum atomic E-state index is 13.6. The minimum atomic E-state index is -0.288. The average molecular weight is 304 g/mol. The summed E-state index contributed by atoms with van der Waals surface area (Å²) in [7, 11) is 1.87. The third-order valence-corrected chi connectivity index (χ3v) is 3.97. The predicted octanol–water partition coefficient (Wildman–Crippen LogP) is 5.17. The molecule has 1 aromatic heterocycles. The van der Waals surface area contributed by atoms with Crippen LogP contribution in [0.3, 0.4) is 0 Å². The van der Waals surface area contributed by atoms with Crippen molar-refractivity contribution in [1.82, 2.24) is 5.32 Å².